The van der Waals surface area contributed by atoms with Crippen molar-refractivity contribution >= 4 is 20.0 Å². The Morgan fingerprint density at radius 1 is 1.29 bits per heavy atom. The summed E-state index contributed by atoms with van der Waals surface area (Å²) in [7, 11) is -0.618. The fraction of sp³-hybridized carbons (Fsp3) is 0.562. The quantitative estimate of drug-likeness (QED) is 0.519. The minimum absolute atomic E-state index is 0.0774. The average molecular weight is 309 g/mol. The molecule has 0 bridgehead atoms. The number of carbonyl (C=O) groups excluding carboxylic acids is 1. The zero-order chi connectivity index (χ0) is 16.4. The van der Waals surface area contributed by atoms with Crippen LogP contribution in [0.25, 0.3) is 0 Å². The fourth-order valence-electron chi connectivity index (χ4n) is 1.84. The molecule has 0 aliphatic heterocycles. The van der Waals surface area contributed by atoms with Crippen molar-refractivity contribution in [3.05, 3.63) is 23.3 Å². The number of hydrogen-bond acceptors (Lipinski definition) is 4. The van der Waals surface area contributed by atoms with Gasteiger partial charge >= 0.3 is 5.97 Å². The number of hydrogen-bond donors (Lipinski definition) is 1. The second-order valence-electron chi connectivity index (χ2n) is 6.75. The van der Waals surface area contributed by atoms with Crippen LogP contribution in [-0.4, -0.2) is 21.4 Å². The smallest absolute Gasteiger partial charge is 0.338 e. The standard InChI is InChI=1S/C16H27NO3Si/c1-8-12-13(15(18)19-5)9-11(17)10-14(12)20-21(6,7)16(2,3)4/h9-10H,8,17H2,1-7H3. The molecule has 21 heavy (non-hydrogen) atoms. The third kappa shape index (κ3) is 3.78. The molecule has 0 heterocycles. The van der Waals surface area contributed by atoms with Gasteiger partial charge in [0.25, 0.3) is 0 Å². The van der Waals surface area contributed by atoms with Gasteiger partial charge in [-0.05, 0) is 30.6 Å². The van der Waals surface area contributed by atoms with Crippen molar-refractivity contribution in [3.63, 3.8) is 0 Å². The Balaban J connectivity index is 3.37. The Morgan fingerprint density at radius 3 is 2.29 bits per heavy atom. The summed E-state index contributed by atoms with van der Waals surface area (Å²) in [5.74, 6) is 0.337. The van der Waals surface area contributed by atoms with Gasteiger partial charge in [0, 0.05) is 17.3 Å². The van der Waals surface area contributed by atoms with Crippen LogP contribution in [0.3, 0.4) is 0 Å². The van der Waals surface area contributed by atoms with Crippen LogP contribution < -0.4 is 10.2 Å². The molecular formula is C16H27NO3Si. The maximum absolute atomic E-state index is 11.9. The van der Waals surface area contributed by atoms with Crippen LogP contribution in [0.1, 0.15) is 43.6 Å². The molecule has 1 aromatic rings. The van der Waals surface area contributed by atoms with E-state index in [0.717, 1.165) is 5.56 Å². The van der Waals surface area contributed by atoms with Gasteiger partial charge in [-0.2, -0.15) is 0 Å². The van der Waals surface area contributed by atoms with Crippen LogP contribution in [0.2, 0.25) is 18.1 Å². The second-order valence-corrected chi connectivity index (χ2v) is 11.5. The van der Waals surface area contributed by atoms with E-state index in [1.165, 1.54) is 7.11 Å². The predicted octanol–water partition coefficient (Wildman–Crippen LogP) is 4.00. The van der Waals surface area contributed by atoms with Gasteiger partial charge in [-0.1, -0.05) is 27.7 Å². The van der Waals surface area contributed by atoms with Gasteiger partial charge in [0.1, 0.15) is 5.75 Å². The first-order valence-corrected chi connectivity index (χ1v) is 10.1. The first-order chi connectivity index (χ1) is 9.53. The molecule has 0 spiro atoms. The highest BCUT2D eigenvalue weighted by Crippen LogP contribution is 2.39. The van der Waals surface area contributed by atoms with Gasteiger partial charge in [-0.3, -0.25) is 0 Å². The van der Waals surface area contributed by atoms with Crippen molar-refractivity contribution in [1.29, 1.82) is 0 Å². The Hall–Kier alpha value is -1.49. The maximum Gasteiger partial charge on any atom is 0.338 e. The molecule has 1 rings (SSSR count). The number of nitrogens with two attached hydrogens (primary N) is 1. The predicted molar refractivity (Wildman–Crippen MR) is 89.4 cm³/mol. The second kappa shape index (κ2) is 6.09. The number of carbonyl (C=O) groups is 1. The Morgan fingerprint density at radius 2 is 1.86 bits per heavy atom. The molecule has 4 nitrogen and oxygen atoms in total. The van der Waals surface area contributed by atoms with Gasteiger partial charge in [-0.25, -0.2) is 4.79 Å². The van der Waals surface area contributed by atoms with Gasteiger partial charge in [0.15, 0.2) is 0 Å². The first-order valence-electron chi connectivity index (χ1n) is 7.23. The third-order valence-corrected chi connectivity index (χ3v) is 8.50. The van der Waals surface area contributed by atoms with Gasteiger partial charge < -0.3 is 14.9 Å². The summed E-state index contributed by atoms with van der Waals surface area (Å²) in [6, 6.07) is 3.47. The molecule has 0 aliphatic carbocycles. The molecular weight excluding hydrogens is 282 g/mol. The van der Waals surface area contributed by atoms with E-state index in [2.05, 4.69) is 33.9 Å². The van der Waals surface area contributed by atoms with Crippen molar-refractivity contribution in [2.24, 2.45) is 0 Å². The zero-order valence-electron chi connectivity index (χ0n) is 14.2. The summed E-state index contributed by atoms with van der Waals surface area (Å²) >= 11 is 0. The van der Waals surface area contributed by atoms with Crippen molar-refractivity contribution in [2.75, 3.05) is 12.8 Å². The van der Waals surface area contributed by atoms with E-state index in [9.17, 15) is 4.79 Å². The molecule has 0 radical (unpaired) electrons. The van der Waals surface area contributed by atoms with Crippen LogP contribution in [0.5, 0.6) is 5.75 Å². The van der Waals surface area contributed by atoms with Crippen molar-refractivity contribution in [1.82, 2.24) is 0 Å². The van der Waals surface area contributed by atoms with E-state index in [-0.39, 0.29) is 11.0 Å². The summed E-state index contributed by atoms with van der Waals surface area (Å²) < 4.78 is 11.2. The maximum atomic E-state index is 11.9. The Kier molecular flexibility index (Phi) is 5.10. The van der Waals surface area contributed by atoms with E-state index in [0.29, 0.717) is 23.4 Å². The monoisotopic (exact) mass is 309 g/mol. The van der Waals surface area contributed by atoms with Crippen LogP contribution >= 0.6 is 0 Å². The molecule has 1 aromatic carbocycles. The van der Waals surface area contributed by atoms with E-state index >= 15 is 0 Å². The fourth-order valence-corrected chi connectivity index (χ4v) is 2.88. The number of benzene rings is 1. The Bertz CT molecular complexity index is 533. The van der Waals surface area contributed by atoms with Crippen LogP contribution in [0, 0.1) is 0 Å². The summed E-state index contributed by atoms with van der Waals surface area (Å²) in [6.45, 7) is 12.9. The third-order valence-electron chi connectivity index (χ3n) is 4.16. The van der Waals surface area contributed by atoms with Gasteiger partial charge in [-0.15, -0.1) is 0 Å². The highest BCUT2D eigenvalue weighted by Gasteiger charge is 2.39. The zero-order valence-corrected chi connectivity index (χ0v) is 15.2. The first kappa shape index (κ1) is 17.6. The lowest BCUT2D eigenvalue weighted by Crippen LogP contribution is -2.44. The molecule has 0 aromatic heterocycles. The summed E-state index contributed by atoms with van der Waals surface area (Å²) in [4.78, 5) is 11.9. The molecule has 0 atom stereocenters. The number of esters is 1. The van der Waals surface area contributed by atoms with Gasteiger partial charge in [0.2, 0.25) is 8.32 Å². The summed E-state index contributed by atoms with van der Waals surface area (Å²) in [5.41, 5.74) is 7.80. The number of anilines is 1. The molecule has 0 unspecified atom stereocenters. The summed E-state index contributed by atoms with van der Waals surface area (Å²) in [6.07, 6.45) is 0.689. The van der Waals surface area contributed by atoms with E-state index in [1.54, 1.807) is 6.07 Å². The molecule has 2 N–H and O–H groups in total. The number of methoxy groups -OCH3 is 1. The molecule has 0 saturated carbocycles. The molecule has 5 heteroatoms. The lowest BCUT2D eigenvalue weighted by molar-refractivity contribution is 0.0599. The van der Waals surface area contributed by atoms with Crippen LogP contribution in [0.4, 0.5) is 5.69 Å². The van der Waals surface area contributed by atoms with Gasteiger partial charge in [0.05, 0.1) is 12.7 Å². The minimum atomic E-state index is -1.99. The molecule has 0 aliphatic rings. The summed E-state index contributed by atoms with van der Waals surface area (Å²) in [5, 5.41) is 0.0774. The van der Waals surface area contributed by atoms with Crippen LogP contribution in [0.15, 0.2) is 12.1 Å². The van der Waals surface area contributed by atoms with Crippen molar-refractivity contribution in [2.45, 2.75) is 52.2 Å². The SMILES string of the molecule is CCc1c(O[Si](C)(C)C(C)(C)C)cc(N)cc1C(=O)OC. The number of nitrogen functional groups attached to an aromatic ring is 1. The number of rotatable bonds is 4. The highest BCUT2D eigenvalue weighted by atomic mass is 28.4. The molecule has 0 saturated heterocycles. The van der Waals surface area contributed by atoms with E-state index in [4.69, 9.17) is 14.9 Å². The molecule has 0 amide bonds. The van der Waals surface area contributed by atoms with Crippen molar-refractivity contribution < 1.29 is 14.0 Å². The van der Waals surface area contributed by atoms with Crippen molar-refractivity contribution in [3.8, 4) is 5.75 Å². The van der Waals surface area contributed by atoms with Crippen LogP contribution in [-0.2, 0) is 11.2 Å². The molecule has 0 fully saturated rings. The largest absolute Gasteiger partial charge is 0.543 e. The molecule has 118 valence electrons. The lowest BCUT2D eigenvalue weighted by atomic mass is 10.0. The average Bonchev–Trinajstić information content (AvgIpc) is 2.35. The topological polar surface area (TPSA) is 61.5 Å². The van der Waals surface area contributed by atoms with E-state index < -0.39 is 8.32 Å². The Labute approximate surface area is 128 Å². The van der Waals surface area contributed by atoms with E-state index in [1.807, 2.05) is 13.0 Å². The minimum Gasteiger partial charge on any atom is -0.543 e. The highest BCUT2D eigenvalue weighted by molar-refractivity contribution is 6.74. The lowest BCUT2D eigenvalue weighted by Gasteiger charge is -2.37. The number of ether oxygens (including phenoxy) is 1. The normalized spacial score (nSPS) is 12.1.